The largest absolute Gasteiger partial charge is 0.427 e. The number of fused-ring (bicyclic) bond motifs is 1. The van der Waals surface area contributed by atoms with E-state index in [2.05, 4.69) is 15.5 Å². The molecule has 0 radical (unpaired) electrons. The summed E-state index contributed by atoms with van der Waals surface area (Å²) in [5.74, 6) is -0.477. The monoisotopic (exact) mass is 412 g/mol. The topological polar surface area (TPSA) is 130 Å². The number of carbonyl (C=O) groups excluding carboxylic acids is 2. The highest BCUT2D eigenvalue weighted by molar-refractivity contribution is 5.99. The quantitative estimate of drug-likeness (QED) is 0.270. The van der Waals surface area contributed by atoms with E-state index >= 15 is 0 Å². The third kappa shape index (κ3) is 4.04. The molecule has 156 valence electrons. The maximum Gasteiger partial charge on any atom is 0.332 e. The highest BCUT2D eigenvalue weighted by atomic mass is 16.5. The van der Waals surface area contributed by atoms with Crippen LogP contribution in [0.5, 0.6) is 5.75 Å². The number of hydrogen-bond acceptors (Lipinski definition) is 7. The fraction of sp³-hybridized carbons (Fsp3) is 0.263. The summed E-state index contributed by atoms with van der Waals surface area (Å²) in [5.41, 5.74) is 3.00. The number of benzene rings is 1. The van der Waals surface area contributed by atoms with Crippen molar-refractivity contribution in [2.45, 2.75) is 20.4 Å². The molecule has 1 N–H and O–H groups in total. The zero-order valence-electron chi connectivity index (χ0n) is 16.9. The molecule has 11 heteroatoms. The first-order valence-corrected chi connectivity index (χ1v) is 8.92. The van der Waals surface area contributed by atoms with Crippen molar-refractivity contribution in [3.63, 3.8) is 0 Å². The Morgan fingerprint density at radius 3 is 2.40 bits per heavy atom. The van der Waals surface area contributed by atoms with Gasteiger partial charge in [0, 0.05) is 21.0 Å². The van der Waals surface area contributed by atoms with Crippen LogP contribution >= 0.6 is 0 Å². The van der Waals surface area contributed by atoms with E-state index in [1.54, 1.807) is 31.2 Å². The fourth-order valence-corrected chi connectivity index (χ4v) is 2.85. The van der Waals surface area contributed by atoms with Gasteiger partial charge in [0.05, 0.1) is 12.0 Å². The van der Waals surface area contributed by atoms with E-state index in [1.165, 1.54) is 36.5 Å². The Labute approximate surface area is 170 Å². The lowest BCUT2D eigenvalue weighted by Crippen LogP contribution is -2.38. The molecule has 30 heavy (non-hydrogen) atoms. The van der Waals surface area contributed by atoms with Gasteiger partial charge in [0.15, 0.2) is 11.2 Å². The summed E-state index contributed by atoms with van der Waals surface area (Å²) in [5, 5.41) is 4.05. The highest BCUT2D eigenvalue weighted by Crippen LogP contribution is 2.13. The number of aryl methyl sites for hydroxylation is 1. The summed E-state index contributed by atoms with van der Waals surface area (Å²) in [6.45, 7) is 2.82. The van der Waals surface area contributed by atoms with E-state index in [9.17, 15) is 19.2 Å². The molecule has 3 aromatic rings. The Bertz CT molecular complexity index is 1280. The zero-order chi connectivity index (χ0) is 22.0. The summed E-state index contributed by atoms with van der Waals surface area (Å²) < 4.78 is 8.54. The van der Waals surface area contributed by atoms with Gasteiger partial charge in [-0.3, -0.25) is 23.5 Å². The predicted octanol–water partition coefficient (Wildman–Crippen LogP) is -0.101. The first-order chi connectivity index (χ1) is 14.2. The van der Waals surface area contributed by atoms with Crippen molar-refractivity contribution in [1.29, 1.82) is 0 Å². The van der Waals surface area contributed by atoms with Crippen LogP contribution in [0, 0.1) is 0 Å². The number of hydrogen-bond donors (Lipinski definition) is 1. The van der Waals surface area contributed by atoms with E-state index in [0.717, 1.165) is 10.1 Å². The molecule has 0 saturated heterocycles. The molecule has 3 rings (SSSR count). The first kappa shape index (κ1) is 20.7. The second-order valence-electron chi connectivity index (χ2n) is 6.60. The van der Waals surface area contributed by atoms with Crippen LogP contribution in [-0.2, 0) is 30.2 Å². The Kier molecular flexibility index (Phi) is 5.63. The van der Waals surface area contributed by atoms with E-state index < -0.39 is 23.1 Å². The maximum absolute atomic E-state index is 12.4. The van der Waals surface area contributed by atoms with Crippen LogP contribution in [-0.4, -0.2) is 36.3 Å². The van der Waals surface area contributed by atoms with E-state index in [1.807, 2.05) is 0 Å². The highest BCUT2D eigenvalue weighted by Gasteiger charge is 2.15. The average Bonchev–Trinajstić information content (AvgIpc) is 3.12. The van der Waals surface area contributed by atoms with Crippen LogP contribution in [0.3, 0.4) is 0 Å². The Hall–Kier alpha value is -4.02. The van der Waals surface area contributed by atoms with Crippen molar-refractivity contribution >= 4 is 28.8 Å². The van der Waals surface area contributed by atoms with Crippen LogP contribution in [0.4, 0.5) is 0 Å². The average molecular weight is 412 g/mol. The number of imidazole rings is 1. The molecule has 0 unspecified atom stereocenters. The van der Waals surface area contributed by atoms with E-state index in [0.29, 0.717) is 11.5 Å². The van der Waals surface area contributed by atoms with Crippen molar-refractivity contribution in [2.24, 2.45) is 19.2 Å². The molecule has 0 fully saturated rings. The van der Waals surface area contributed by atoms with Crippen molar-refractivity contribution in [3.8, 4) is 5.75 Å². The standard InChI is InChI=1S/C19H20N6O5/c1-11(13-5-7-14(8-6-13)30-12(2)26)21-22-15(27)9-25-10-20-17-16(25)18(28)24(4)19(29)23(17)3/h5-8,10H,9H2,1-4H3,(H,22,27)/b21-11-. The SMILES string of the molecule is CC(=O)Oc1ccc(/C(C)=N\NC(=O)Cn2cnc3c2c(=O)n(C)c(=O)n3C)cc1. The third-order valence-electron chi connectivity index (χ3n) is 4.41. The lowest BCUT2D eigenvalue weighted by Gasteiger charge is -2.07. The van der Waals surface area contributed by atoms with Crippen LogP contribution in [0.1, 0.15) is 19.4 Å². The minimum Gasteiger partial charge on any atom is -0.427 e. The smallest absolute Gasteiger partial charge is 0.332 e. The van der Waals surface area contributed by atoms with Gasteiger partial charge in [-0.05, 0) is 36.8 Å². The summed E-state index contributed by atoms with van der Waals surface area (Å²) in [7, 11) is 2.86. The molecular weight excluding hydrogens is 392 g/mol. The van der Waals surface area contributed by atoms with Gasteiger partial charge in [-0.1, -0.05) is 0 Å². The molecule has 0 aliphatic heterocycles. The summed E-state index contributed by atoms with van der Waals surface area (Å²) >= 11 is 0. The lowest BCUT2D eigenvalue weighted by atomic mass is 10.1. The first-order valence-electron chi connectivity index (χ1n) is 8.92. The molecule has 0 aliphatic rings. The maximum atomic E-state index is 12.4. The number of nitrogens with one attached hydrogen (secondary N) is 1. The second-order valence-corrected chi connectivity index (χ2v) is 6.60. The van der Waals surface area contributed by atoms with Crippen LogP contribution < -0.4 is 21.4 Å². The number of carbonyl (C=O) groups is 2. The van der Waals surface area contributed by atoms with Crippen LogP contribution in [0.2, 0.25) is 0 Å². The summed E-state index contributed by atoms with van der Waals surface area (Å²) in [4.78, 5) is 51.7. The molecule has 11 nitrogen and oxygen atoms in total. The number of ether oxygens (including phenoxy) is 1. The van der Waals surface area contributed by atoms with Gasteiger partial charge in [0.1, 0.15) is 12.3 Å². The van der Waals surface area contributed by atoms with Crippen molar-refractivity contribution in [1.82, 2.24) is 24.1 Å². The van der Waals surface area contributed by atoms with Gasteiger partial charge in [-0.25, -0.2) is 15.2 Å². The zero-order valence-corrected chi connectivity index (χ0v) is 16.9. The Morgan fingerprint density at radius 2 is 1.77 bits per heavy atom. The molecule has 0 aliphatic carbocycles. The normalized spacial score (nSPS) is 11.5. The molecule has 1 aromatic carbocycles. The fourth-order valence-electron chi connectivity index (χ4n) is 2.85. The van der Waals surface area contributed by atoms with Gasteiger partial charge in [-0.2, -0.15) is 5.10 Å². The molecule has 2 heterocycles. The van der Waals surface area contributed by atoms with Crippen molar-refractivity contribution in [2.75, 3.05) is 0 Å². The van der Waals surface area contributed by atoms with Gasteiger partial charge >= 0.3 is 11.7 Å². The summed E-state index contributed by atoms with van der Waals surface area (Å²) in [6.07, 6.45) is 1.33. The number of esters is 1. The van der Waals surface area contributed by atoms with Crippen molar-refractivity contribution in [3.05, 3.63) is 57.0 Å². The second kappa shape index (κ2) is 8.15. The number of hydrazone groups is 1. The lowest BCUT2D eigenvalue weighted by molar-refractivity contribution is -0.131. The molecule has 0 bridgehead atoms. The Morgan fingerprint density at radius 1 is 1.10 bits per heavy atom. The van der Waals surface area contributed by atoms with Gasteiger partial charge < -0.3 is 9.30 Å². The minimum atomic E-state index is -0.536. The Balaban J connectivity index is 1.75. The minimum absolute atomic E-state index is 0.150. The molecule has 1 amide bonds. The number of amides is 1. The molecule has 0 saturated carbocycles. The number of nitrogens with zero attached hydrogens (tertiary/aromatic N) is 5. The van der Waals surface area contributed by atoms with Crippen molar-refractivity contribution < 1.29 is 14.3 Å². The third-order valence-corrected chi connectivity index (χ3v) is 4.41. The summed E-state index contributed by atoms with van der Waals surface area (Å²) in [6, 6.07) is 6.65. The van der Waals surface area contributed by atoms with Gasteiger partial charge in [-0.15, -0.1) is 0 Å². The van der Waals surface area contributed by atoms with Crippen LogP contribution in [0.15, 0.2) is 45.3 Å². The van der Waals surface area contributed by atoms with Gasteiger partial charge in [0.2, 0.25) is 0 Å². The molecule has 0 spiro atoms. The number of rotatable bonds is 5. The van der Waals surface area contributed by atoms with Gasteiger partial charge in [0.25, 0.3) is 11.5 Å². The van der Waals surface area contributed by atoms with Crippen LogP contribution in [0.25, 0.3) is 11.2 Å². The molecular formula is C19H20N6O5. The van der Waals surface area contributed by atoms with E-state index in [4.69, 9.17) is 4.74 Å². The molecule has 0 atom stereocenters. The predicted molar refractivity (Wildman–Crippen MR) is 108 cm³/mol. The molecule has 2 aromatic heterocycles. The van der Waals surface area contributed by atoms with E-state index in [-0.39, 0.29) is 17.7 Å². The number of aromatic nitrogens is 4.